The number of carbonyl (C=O) groups is 1. The molecule has 1 rings (SSSR count). The average Bonchev–Trinajstić information content (AvgIpc) is 2.30. The summed E-state index contributed by atoms with van der Waals surface area (Å²) in [7, 11) is 1.35. The molecule has 0 bridgehead atoms. The fraction of sp³-hybridized carbons (Fsp3) is 0.538. The minimum Gasteiger partial charge on any atom is -0.465 e. The lowest BCUT2D eigenvalue weighted by Crippen LogP contribution is -2.31. The summed E-state index contributed by atoms with van der Waals surface area (Å²) >= 11 is 0. The van der Waals surface area contributed by atoms with E-state index >= 15 is 0 Å². The van der Waals surface area contributed by atoms with Gasteiger partial charge in [0.05, 0.1) is 24.6 Å². The Morgan fingerprint density at radius 2 is 2.22 bits per heavy atom. The van der Waals surface area contributed by atoms with Gasteiger partial charge in [-0.2, -0.15) is 0 Å². The first-order chi connectivity index (χ1) is 8.39. The number of hydrogen-bond acceptors (Lipinski definition) is 5. The number of nitrogens with one attached hydrogen (secondary N) is 1. The summed E-state index contributed by atoms with van der Waals surface area (Å²) in [5.41, 5.74) is 6.54. The molecule has 0 fully saturated rings. The van der Waals surface area contributed by atoms with E-state index in [9.17, 15) is 4.79 Å². The Morgan fingerprint density at radius 3 is 2.78 bits per heavy atom. The first-order valence-corrected chi connectivity index (χ1v) is 6.01. The molecule has 0 unspecified atom stereocenters. The Labute approximate surface area is 108 Å². The summed E-state index contributed by atoms with van der Waals surface area (Å²) in [5.74, 6) is -0.117. The Morgan fingerprint density at radius 1 is 1.56 bits per heavy atom. The van der Waals surface area contributed by atoms with Gasteiger partial charge in [0, 0.05) is 5.54 Å². The van der Waals surface area contributed by atoms with E-state index in [4.69, 9.17) is 10.5 Å². The monoisotopic (exact) mass is 251 g/mol. The van der Waals surface area contributed by atoms with Crippen LogP contribution in [0.3, 0.4) is 0 Å². The number of pyridine rings is 1. The van der Waals surface area contributed by atoms with Crippen molar-refractivity contribution in [2.45, 2.75) is 39.2 Å². The summed E-state index contributed by atoms with van der Waals surface area (Å²) in [5, 5.41) is 3.31. The molecule has 0 aromatic carbocycles. The Hall–Kier alpha value is -1.78. The average molecular weight is 251 g/mol. The third-order valence-electron chi connectivity index (χ3n) is 2.68. The fourth-order valence-corrected chi connectivity index (χ4v) is 1.90. The summed E-state index contributed by atoms with van der Waals surface area (Å²) in [6, 6.07) is 1.52. The normalized spacial score (nSPS) is 11.1. The number of ether oxygens (including phenoxy) is 1. The van der Waals surface area contributed by atoms with Crippen LogP contribution >= 0.6 is 0 Å². The van der Waals surface area contributed by atoms with Crippen LogP contribution in [0, 0.1) is 0 Å². The molecule has 0 amide bonds. The SMILES string of the molecule is CCCC(C)(C)Nc1cnc(N)cc1C(=O)OC. The van der Waals surface area contributed by atoms with Crippen LogP contribution < -0.4 is 11.1 Å². The largest absolute Gasteiger partial charge is 0.465 e. The molecule has 3 N–H and O–H groups in total. The second-order valence-electron chi connectivity index (χ2n) is 4.91. The number of methoxy groups -OCH3 is 1. The number of aromatic nitrogens is 1. The van der Waals surface area contributed by atoms with Crippen LogP contribution in [0.1, 0.15) is 44.0 Å². The van der Waals surface area contributed by atoms with Crippen molar-refractivity contribution in [1.82, 2.24) is 4.98 Å². The van der Waals surface area contributed by atoms with Crippen LogP contribution in [-0.2, 0) is 4.74 Å². The molecule has 0 aliphatic heterocycles. The van der Waals surface area contributed by atoms with Gasteiger partial charge in [-0.15, -0.1) is 0 Å². The quantitative estimate of drug-likeness (QED) is 0.786. The molecule has 18 heavy (non-hydrogen) atoms. The molecular weight excluding hydrogens is 230 g/mol. The molecule has 0 spiro atoms. The van der Waals surface area contributed by atoms with Crippen molar-refractivity contribution in [3.8, 4) is 0 Å². The highest BCUT2D eigenvalue weighted by Crippen LogP contribution is 2.24. The topological polar surface area (TPSA) is 77.2 Å². The van der Waals surface area contributed by atoms with Gasteiger partial charge in [0.25, 0.3) is 0 Å². The molecular formula is C13H21N3O2. The van der Waals surface area contributed by atoms with E-state index in [0.29, 0.717) is 17.1 Å². The standard InChI is InChI=1S/C13H21N3O2/c1-5-6-13(2,3)16-10-8-15-11(14)7-9(10)12(17)18-4/h7-8,16H,5-6H2,1-4H3,(H2,14,15). The molecule has 0 atom stereocenters. The van der Waals surface area contributed by atoms with Crippen molar-refractivity contribution in [2.24, 2.45) is 0 Å². The number of nitrogens with two attached hydrogens (primary N) is 1. The fourth-order valence-electron chi connectivity index (χ4n) is 1.90. The van der Waals surface area contributed by atoms with Gasteiger partial charge in [-0.3, -0.25) is 0 Å². The Bertz CT molecular complexity index is 430. The number of nitrogen functional groups attached to an aromatic ring is 1. The Balaban J connectivity index is 3.05. The van der Waals surface area contributed by atoms with Gasteiger partial charge in [-0.1, -0.05) is 13.3 Å². The molecule has 0 aliphatic rings. The Kier molecular flexibility index (Phi) is 4.53. The number of anilines is 2. The molecule has 5 nitrogen and oxygen atoms in total. The van der Waals surface area contributed by atoms with Crippen molar-refractivity contribution >= 4 is 17.5 Å². The summed E-state index contributed by atoms with van der Waals surface area (Å²) < 4.78 is 4.74. The first kappa shape index (κ1) is 14.3. The first-order valence-electron chi connectivity index (χ1n) is 6.01. The van der Waals surface area contributed by atoms with Gasteiger partial charge in [0.2, 0.25) is 0 Å². The molecule has 0 saturated carbocycles. The number of carbonyl (C=O) groups excluding carboxylic acids is 1. The molecule has 1 aromatic heterocycles. The van der Waals surface area contributed by atoms with Crippen LogP contribution in [0.4, 0.5) is 11.5 Å². The van der Waals surface area contributed by atoms with Crippen molar-refractivity contribution in [2.75, 3.05) is 18.2 Å². The number of nitrogens with zero attached hydrogens (tertiary/aromatic N) is 1. The number of hydrogen-bond donors (Lipinski definition) is 2. The molecule has 1 heterocycles. The molecule has 5 heteroatoms. The van der Waals surface area contributed by atoms with Gasteiger partial charge in [0.1, 0.15) is 5.82 Å². The van der Waals surface area contributed by atoms with E-state index in [2.05, 4.69) is 31.1 Å². The van der Waals surface area contributed by atoms with E-state index in [1.807, 2.05) is 0 Å². The number of rotatable bonds is 5. The van der Waals surface area contributed by atoms with Gasteiger partial charge in [0.15, 0.2) is 0 Å². The van der Waals surface area contributed by atoms with E-state index in [0.717, 1.165) is 12.8 Å². The molecule has 0 aliphatic carbocycles. The summed E-state index contributed by atoms with van der Waals surface area (Å²) in [4.78, 5) is 15.7. The van der Waals surface area contributed by atoms with Crippen molar-refractivity contribution in [3.63, 3.8) is 0 Å². The maximum Gasteiger partial charge on any atom is 0.340 e. The van der Waals surface area contributed by atoms with Gasteiger partial charge < -0.3 is 15.8 Å². The van der Waals surface area contributed by atoms with Crippen LogP contribution in [0.25, 0.3) is 0 Å². The molecule has 1 aromatic rings. The maximum atomic E-state index is 11.7. The summed E-state index contributed by atoms with van der Waals surface area (Å²) in [6.07, 6.45) is 3.60. The van der Waals surface area contributed by atoms with E-state index < -0.39 is 5.97 Å². The zero-order valence-corrected chi connectivity index (χ0v) is 11.4. The van der Waals surface area contributed by atoms with Crippen molar-refractivity contribution in [1.29, 1.82) is 0 Å². The van der Waals surface area contributed by atoms with Crippen LogP contribution in [0.5, 0.6) is 0 Å². The third-order valence-corrected chi connectivity index (χ3v) is 2.68. The summed E-state index contributed by atoms with van der Waals surface area (Å²) in [6.45, 7) is 6.27. The molecule has 100 valence electrons. The lowest BCUT2D eigenvalue weighted by molar-refractivity contribution is 0.0601. The van der Waals surface area contributed by atoms with Gasteiger partial charge in [-0.05, 0) is 26.3 Å². The highest BCUT2D eigenvalue weighted by Gasteiger charge is 2.20. The van der Waals surface area contributed by atoms with E-state index in [1.54, 1.807) is 6.20 Å². The minimum absolute atomic E-state index is 0.116. The van der Waals surface area contributed by atoms with Crippen molar-refractivity contribution < 1.29 is 9.53 Å². The van der Waals surface area contributed by atoms with Gasteiger partial charge >= 0.3 is 5.97 Å². The second-order valence-corrected chi connectivity index (χ2v) is 4.91. The second kappa shape index (κ2) is 5.71. The maximum absolute atomic E-state index is 11.7. The lowest BCUT2D eigenvalue weighted by atomic mass is 9.98. The zero-order chi connectivity index (χ0) is 13.8. The van der Waals surface area contributed by atoms with Gasteiger partial charge in [-0.25, -0.2) is 9.78 Å². The van der Waals surface area contributed by atoms with Crippen LogP contribution in [0.2, 0.25) is 0 Å². The third kappa shape index (κ3) is 3.61. The predicted molar refractivity (Wildman–Crippen MR) is 72.6 cm³/mol. The molecule has 0 radical (unpaired) electrons. The van der Waals surface area contributed by atoms with Crippen LogP contribution in [0.15, 0.2) is 12.3 Å². The minimum atomic E-state index is -0.418. The van der Waals surface area contributed by atoms with E-state index in [1.165, 1.54) is 13.2 Å². The lowest BCUT2D eigenvalue weighted by Gasteiger charge is -2.28. The van der Waals surface area contributed by atoms with E-state index in [-0.39, 0.29) is 5.54 Å². The predicted octanol–water partition coefficient (Wildman–Crippen LogP) is 2.44. The highest BCUT2D eigenvalue weighted by atomic mass is 16.5. The van der Waals surface area contributed by atoms with Crippen molar-refractivity contribution in [3.05, 3.63) is 17.8 Å². The molecule has 0 saturated heterocycles. The smallest absolute Gasteiger partial charge is 0.340 e. The zero-order valence-electron chi connectivity index (χ0n) is 11.4. The van der Waals surface area contributed by atoms with Crippen LogP contribution in [-0.4, -0.2) is 23.6 Å². The highest BCUT2D eigenvalue weighted by molar-refractivity contribution is 5.96. The number of esters is 1.